The molecule has 21 heavy (non-hydrogen) atoms. The fraction of sp³-hybridized carbons (Fsp3) is 0.375. The Hall–Kier alpha value is -1.98. The lowest BCUT2D eigenvalue weighted by atomic mass is 10.1. The minimum absolute atomic E-state index is 0.186. The number of hydrogen-bond acceptors (Lipinski definition) is 5. The molecule has 0 saturated carbocycles. The highest BCUT2D eigenvalue weighted by molar-refractivity contribution is 5.46. The lowest BCUT2D eigenvalue weighted by Crippen LogP contribution is -2.49. The standard InChI is InChI=1S/C16H21N5/c17-12-16(15-6-7-18-13-19-15)21-10-8-20(9-11-21)14-4-2-1-3-5-14/h1-7,13,16H,8-12,17H2. The zero-order valence-electron chi connectivity index (χ0n) is 12.1. The van der Waals surface area contributed by atoms with E-state index in [4.69, 9.17) is 5.73 Å². The third-order valence-corrected chi connectivity index (χ3v) is 4.05. The first-order valence-electron chi connectivity index (χ1n) is 7.38. The third kappa shape index (κ3) is 3.20. The normalized spacial score (nSPS) is 17.7. The maximum Gasteiger partial charge on any atom is 0.115 e. The predicted octanol–water partition coefficient (Wildman–Crippen LogP) is 1.30. The topological polar surface area (TPSA) is 58.3 Å². The number of rotatable bonds is 4. The van der Waals surface area contributed by atoms with Crippen LogP contribution >= 0.6 is 0 Å². The maximum absolute atomic E-state index is 5.97. The monoisotopic (exact) mass is 283 g/mol. The number of anilines is 1. The van der Waals surface area contributed by atoms with Gasteiger partial charge in [-0.15, -0.1) is 0 Å². The van der Waals surface area contributed by atoms with Crippen LogP contribution in [0.25, 0.3) is 0 Å². The van der Waals surface area contributed by atoms with Gasteiger partial charge in [-0.1, -0.05) is 18.2 Å². The molecule has 1 aliphatic rings. The molecule has 0 bridgehead atoms. The molecule has 5 heteroatoms. The first-order chi connectivity index (χ1) is 10.4. The van der Waals surface area contributed by atoms with Crippen LogP contribution in [0.5, 0.6) is 0 Å². The molecule has 5 nitrogen and oxygen atoms in total. The molecule has 2 aromatic rings. The Bertz CT molecular complexity index is 537. The van der Waals surface area contributed by atoms with Gasteiger partial charge in [-0.05, 0) is 18.2 Å². The molecule has 1 aromatic heterocycles. The summed E-state index contributed by atoms with van der Waals surface area (Å²) in [6.07, 6.45) is 3.38. The summed E-state index contributed by atoms with van der Waals surface area (Å²) in [6.45, 7) is 4.63. The SMILES string of the molecule is NCC(c1ccncn1)N1CCN(c2ccccc2)CC1. The quantitative estimate of drug-likeness (QED) is 0.916. The van der Waals surface area contributed by atoms with Crippen LogP contribution in [0.1, 0.15) is 11.7 Å². The molecule has 1 aromatic carbocycles. The summed E-state index contributed by atoms with van der Waals surface area (Å²) in [5.74, 6) is 0. The highest BCUT2D eigenvalue weighted by Gasteiger charge is 2.24. The van der Waals surface area contributed by atoms with Crippen molar-refractivity contribution >= 4 is 5.69 Å². The Morgan fingerprint density at radius 1 is 1.05 bits per heavy atom. The predicted molar refractivity (Wildman–Crippen MR) is 84.1 cm³/mol. The second-order valence-corrected chi connectivity index (χ2v) is 5.24. The summed E-state index contributed by atoms with van der Waals surface area (Å²) in [4.78, 5) is 13.2. The summed E-state index contributed by atoms with van der Waals surface area (Å²) < 4.78 is 0. The first-order valence-corrected chi connectivity index (χ1v) is 7.38. The van der Waals surface area contributed by atoms with E-state index in [1.807, 2.05) is 6.07 Å². The molecule has 0 radical (unpaired) electrons. The van der Waals surface area contributed by atoms with Gasteiger partial charge in [-0.3, -0.25) is 4.90 Å². The maximum atomic E-state index is 5.97. The van der Waals surface area contributed by atoms with Crippen molar-refractivity contribution in [2.75, 3.05) is 37.6 Å². The van der Waals surface area contributed by atoms with Crippen molar-refractivity contribution < 1.29 is 0 Å². The fourth-order valence-corrected chi connectivity index (χ4v) is 2.89. The van der Waals surface area contributed by atoms with Crippen LogP contribution in [0.15, 0.2) is 48.9 Å². The first kappa shape index (κ1) is 14.0. The molecule has 0 spiro atoms. The molecule has 1 fully saturated rings. The lowest BCUT2D eigenvalue weighted by Gasteiger charge is -2.39. The van der Waals surface area contributed by atoms with Crippen LogP contribution < -0.4 is 10.6 Å². The molecule has 0 aliphatic carbocycles. The van der Waals surface area contributed by atoms with Gasteiger partial charge in [0.15, 0.2) is 0 Å². The third-order valence-electron chi connectivity index (χ3n) is 4.05. The highest BCUT2D eigenvalue weighted by atomic mass is 15.3. The molecule has 1 saturated heterocycles. The molecule has 1 atom stereocenters. The minimum Gasteiger partial charge on any atom is -0.369 e. The van der Waals surface area contributed by atoms with E-state index in [0.29, 0.717) is 6.54 Å². The lowest BCUT2D eigenvalue weighted by molar-refractivity contribution is 0.187. The van der Waals surface area contributed by atoms with E-state index >= 15 is 0 Å². The largest absolute Gasteiger partial charge is 0.369 e. The molecule has 1 unspecified atom stereocenters. The number of para-hydroxylation sites is 1. The average molecular weight is 283 g/mol. The number of nitrogens with two attached hydrogens (primary N) is 1. The van der Waals surface area contributed by atoms with Crippen LogP contribution in [0.4, 0.5) is 5.69 Å². The average Bonchev–Trinajstić information content (AvgIpc) is 2.58. The van der Waals surface area contributed by atoms with Crippen LogP contribution in [0.3, 0.4) is 0 Å². The summed E-state index contributed by atoms with van der Waals surface area (Å²) in [5, 5.41) is 0. The van der Waals surface area contributed by atoms with Gasteiger partial charge in [0.25, 0.3) is 0 Å². The molecule has 1 aliphatic heterocycles. The number of piperazine rings is 1. The molecule has 0 amide bonds. The van der Waals surface area contributed by atoms with Crippen molar-refractivity contribution in [2.24, 2.45) is 5.73 Å². The Morgan fingerprint density at radius 3 is 2.43 bits per heavy atom. The van der Waals surface area contributed by atoms with Gasteiger partial charge in [0.1, 0.15) is 6.33 Å². The van der Waals surface area contributed by atoms with Gasteiger partial charge in [-0.2, -0.15) is 0 Å². The van der Waals surface area contributed by atoms with E-state index in [9.17, 15) is 0 Å². The van der Waals surface area contributed by atoms with E-state index in [0.717, 1.165) is 31.9 Å². The zero-order valence-corrected chi connectivity index (χ0v) is 12.1. The summed E-state index contributed by atoms with van der Waals surface area (Å²) in [7, 11) is 0. The summed E-state index contributed by atoms with van der Waals surface area (Å²) in [5.41, 5.74) is 8.28. The Morgan fingerprint density at radius 2 is 1.81 bits per heavy atom. The number of benzene rings is 1. The van der Waals surface area contributed by atoms with E-state index in [2.05, 4.69) is 50.1 Å². The zero-order chi connectivity index (χ0) is 14.5. The Labute approximate surface area is 125 Å². The number of aromatic nitrogens is 2. The molecular weight excluding hydrogens is 262 g/mol. The van der Waals surface area contributed by atoms with Crippen molar-refractivity contribution in [1.29, 1.82) is 0 Å². The number of hydrogen-bond donors (Lipinski definition) is 1. The van der Waals surface area contributed by atoms with Gasteiger partial charge in [0, 0.05) is 44.6 Å². The van der Waals surface area contributed by atoms with E-state index in [-0.39, 0.29) is 6.04 Å². The Kier molecular flexibility index (Phi) is 4.43. The molecule has 2 heterocycles. The smallest absolute Gasteiger partial charge is 0.115 e. The van der Waals surface area contributed by atoms with E-state index in [1.165, 1.54) is 5.69 Å². The van der Waals surface area contributed by atoms with Gasteiger partial charge in [-0.25, -0.2) is 9.97 Å². The van der Waals surface area contributed by atoms with Gasteiger partial charge in [0.05, 0.1) is 11.7 Å². The van der Waals surface area contributed by atoms with Crippen LogP contribution in [0, 0.1) is 0 Å². The van der Waals surface area contributed by atoms with E-state index in [1.54, 1.807) is 12.5 Å². The second kappa shape index (κ2) is 6.65. The van der Waals surface area contributed by atoms with Crippen molar-refractivity contribution in [3.63, 3.8) is 0 Å². The molecule has 110 valence electrons. The molecule has 3 rings (SSSR count). The molecule has 2 N–H and O–H groups in total. The van der Waals surface area contributed by atoms with Crippen LogP contribution in [-0.4, -0.2) is 47.6 Å². The summed E-state index contributed by atoms with van der Waals surface area (Å²) in [6, 6.07) is 12.7. The minimum atomic E-state index is 0.186. The van der Waals surface area contributed by atoms with Crippen LogP contribution in [0.2, 0.25) is 0 Å². The van der Waals surface area contributed by atoms with Gasteiger partial charge < -0.3 is 10.6 Å². The fourth-order valence-electron chi connectivity index (χ4n) is 2.89. The highest BCUT2D eigenvalue weighted by Crippen LogP contribution is 2.21. The summed E-state index contributed by atoms with van der Waals surface area (Å²) >= 11 is 0. The Balaban J connectivity index is 1.65. The van der Waals surface area contributed by atoms with Gasteiger partial charge in [0.2, 0.25) is 0 Å². The van der Waals surface area contributed by atoms with E-state index < -0.39 is 0 Å². The van der Waals surface area contributed by atoms with Crippen molar-refractivity contribution in [2.45, 2.75) is 6.04 Å². The van der Waals surface area contributed by atoms with Crippen molar-refractivity contribution in [1.82, 2.24) is 14.9 Å². The van der Waals surface area contributed by atoms with Crippen molar-refractivity contribution in [3.05, 3.63) is 54.6 Å². The molecular formula is C16H21N5. The van der Waals surface area contributed by atoms with Crippen molar-refractivity contribution in [3.8, 4) is 0 Å². The van der Waals surface area contributed by atoms with Crippen LogP contribution in [-0.2, 0) is 0 Å². The van der Waals surface area contributed by atoms with Gasteiger partial charge >= 0.3 is 0 Å². The second-order valence-electron chi connectivity index (χ2n) is 5.24. The number of nitrogens with zero attached hydrogens (tertiary/aromatic N) is 4.